The Hall–Kier alpha value is -0.590. The summed E-state index contributed by atoms with van der Waals surface area (Å²) in [6.07, 6.45) is 0.843. The van der Waals surface area contributed by atoms with Crippen LogP contribution in [0, 0.1) is 0 Å². The van der Waals surface area contributed by atoms with Crippen molar-refractivity contribution >= 4 is 21.9 Å². The maximum absolute atomic E-state index is 12.7. The van der Waals surface area contributed by atoms with Gasteiger partial charge in [-0.1, -0.05) is 28.1 Å². The molecular weight excluding hydrogens is 464 g/mol. The molecule has 0 saturated carbocycles. The van der Waals surface area contributed by atoms with E-state index < -0.39 is 52.6 Å². The van der Waals surface area contributed by atoms with Gasteiger partial charge in [0.05, 0.1) is 26.4 Å². The lowest BCUT2D eigenvalue weighted by Gasteiger charge is -2.37. The van der Waals surface area contributed by atoms with Gasteiger partial charge in [-0.05, 0) is 34.6 Å². The molecule has 1 N–H and O–H groups in total. The average molecular weight is 495 g/mol. The number of ether oxygens (including phenoxy) is 7. The van der Waals surface area contributed by atoms with E-state index in [0.29, 0.717) is 6.61 Å². The Kier molecular flexibility index (Phi) is 7.30. The summed E-state index contributed by atoms with van der Waals surface area (Å²) in [5.41, 5.74) is 0. The molecule has 0 bridgehead atoms. The maximum atomic E-state index is 12.7. The maximum Gasteiger partial charge on any atom is 0.325 e. The Labute approximate surface area is 185 Å². The van der Waals surface area contributed by atoms with Gasteiger partial charge < -0.3 is 38.3 Å². The second-order valence-corrected chi connectivity index (χ2v) is 9.19. The topological polar surface area (TPSA) is 102 Å². The second-order valence-electron chi connectivity index (χ2n) is 8.27. The van der Waals surface area contributed by atoms with Gasteiger partial charge in [0.2, 0.25) is 5.79 Å². The van der Waals surface area contributed by atoms with Crippen molar-refractivity contribution in [3.8, 4) is 0 Å². The first-order valence-electron chi connectivity index (χ1n) is 10.1. The summed E-state index contributed by atoms with van der Waals surface area (Å²) in [7, 11) is 0. The van der Waals surface area contributed by atoms with Gasteiger partial charge in [0.1, 0.15) is 24.4 Å². The highest BCUT2D eigenvalue weighted by molar-refractivity contribution is 9.10. The van der Waals surface area contributed by atoms with Crippen LogP contribution in [0.5, 0.6) is 0 Å². The standard InChI is InChI=1S/C20H31BrO9/c1-6-24-17(23)15(21)20(25-10-8-7-9-22)16-14(28-19(4,5)30-16)13(29-20)12-11-26-18(2,3)27-12/h7-8,12-16,22H,6,9-11H2,1-5H3/b8-7-/t12-,13-,14-,15?,16-,20-/m1/s1. The van der Waals surface area contributed by atoms with Crippen LogP contribution in [0.4, 0.5) is 0 Å². The van der Waals surface area contributed by atoms with Crippen LogP contribution in [-0.4, -0.2) is 84.1 Å². The number of aliphatic hydroxyl groups excluding tert-OH is 1. The molecule has 3 rings (SSSR count). The lowest BCUT2D eigenvalue weighted by Crippen LogP contribution is -2.55. The zero-order chi connectivity index (χ0) is 22.2. The van der Waals surface area contributed by atoms with Crippen molar-refractivity contribution in [1.29, 1.82) is 0 Å². The van der Waals surface area contributed by atoms with E-state index in [9.17, 15) is 4.79 Å². The molecule has 0 aromatic heterocycles. The number of carbonyl (C=O) groups excluding carboxylic acids is 1. The number of esters is 1. The fourth-order valence-corrected chi connectivity index (χ4v) is 4.58. The van der Waals surface area contributed by atoms with Crippen LogP contribution in [0.1, 0.15) is 34.6 Å². The normalized spacial score (nSPS) is 38.1. The SMILES string of the molecule is CCOC(=O)C(Br)[C@@]1(OC/C=C\CO)O[C@H]([C@H]2COC(C)(C)O2)[C@H]2OC(C)(C)O[C@H]21. The van der Waals surface area contributed by atoms with Gasteiger partial charge in [0.15, 0.2) is 16.4 Å². The summed E-state index contributed by atoms with van der Waals surface area (Å²) in [4.78, 5) is 11.7. The van der Waals surface area contributed by atoms with E-state index >= 15 is 0 Å². The van der Waals surface area contributed by atoms with Crippen LogP contribution < -0.4 is 0 Å². The molecule has 0 aromatic carbocycles. The monoisotopic (exact) mass is 494 g/mol. The molecule has 0 radical (unpaired) electrons. The van der Waals surface area contributed by atoms with Gasteiger partial charge >= 0.3 is 5.97 Å². The summed E-state index contributed by atoms with van der Waals surface area (Å²) >= 11 is 3.42. The summed E-state index contributed by atoms with van der Waals surface area (Å²) in [5, 5.41) is 9.01. The lowest BCUT2D eigenvalue weighted by molar-refractivity contribution is -0.297. The molecule has 6 atom stereocenters. The fraction of sp³-hybridized carbons (Fsp3) is 0.850. The molecular formula is C20H31BrO9. The average Bonchev–Trinajstić information content (AvgIpc) is 3.28. The molecule has 3 aliphatic rings. The molecule has 0 aromatic rings. The third kappa shape index (κ3) is 4.75. The molecule has 3 heterocycles. The molecule has 172 valence electrons. The Balaban J connectivity index is 1.94. The summed E-state index contributed by atoms with van der Waals surface area (Å²) < 4.78 is 41.7. The van der Waals surface area contributed by atoms with E-state index in [2.05, 4.69) is 15.9 Å². The number of alkyl halides is 1. The molecule has 0 amide bonds. The molecule has 0 spiro atoms. The number of rotatable bonds is 8. The van der Waals surface area contributed by atoms with E-state index in [4.69, 9.17) is 38.3 Å². The Morgan fingerprint density at radius 3 is 2.47 bits per heavy atom. The van der Waals surface area contributed by atoms with Crippen molar-refractivity contribution in [3.05, 3.63) is 12.2 Å². The fourth-order valence-electron chi connectivity index (χ4n) is 3.95. The Morgan fingerprint density at radius 2 is 1.87 bits per heavy atom. The largest absolute Gasteiger partial charge is 0.465 e. The van der Waals surface area contributed by atoms with E-state index in [1.54, 1.807) is 26.8 Å². The van der Waals surface area contributed by atoms with Gasteiger partial charge in [-0.25, -0.2) is 0 Å². The zero-order valence-electron chi connectivity index (χ0n) is 18.0. The molecule has 1 unspecified atom stereocenters. The highest BCUT2D eigenvalue weighted by Gasteiger charge is 2.69. The number of aliphatic hydroxyl groups is 1. The van der Waals surface area contributed by atoms with Crippen molar-refractivity contribution < 1.29 is 43.1 Å². The van der Waals surface area contributed by atoms with Crippen molar-refractivity contribution in [2.75, 3.05) is 26.4 Å². The molecule has 3 saturated heterocycles. The van der Waals surface area contributed by atoms with Crippen molar-refractivity contribution in [1.82, 2.24) is 0 Å². The van der Waals surface area contributed by atoms with Gasteiger partial charge in [-0.15, -0.1) is 0 Å². The lowest BCUT2D eigenvalue weighted by atomic mass is 10.00. The second kappa shape index (κ2) is 9.11. The minimum absolute atomic E-state index is 0.0787. The number of halogens is 1. The molecule has 3 aliphatic heterocycles. The predicted octanol–water partition coefficient (Wildman–Crippen LogP) is 1.64. The first-order valence-corrected chi connectivity index (χ1v) is 11.0. The van der Waals surface area contributed by atoms with Gasteiger partial charge in [0.25, 0.3) is 0 Å². The minimum atomic E-state index is -1.54. The Bertz CT molecular complexity index is 652. The van der Waals surface area contributed by atoms with Crippen molar-refractivity contribution in [2.45, 2.75) is 81.2 Å². The number of hydrogen-bond acceptors (Lipinski definition) is 9. The number of hydrogen-bond donors (Lipinski definition) is 1. The summed E-state index contributed by atoms with van der Waals surface area (Å²) in [6, 6.07) is 0. The molecule has 30 heavy (non-hydrogen) atoms. The third-order valence-corrected chi connectivity index (χ3v) is 6.10. The van der Waals surface area contributed by atoms with E-state index in [1.807, 2.05) is 13.8 Å². The van der Waals surface area contributed by atoms with Crippen LogP contribution in [0.25, 0.3) is 0 Å². The first kappa shape index (κ1) is 24.1. The zero-order valence-corrected chi connectivity index (χ0v) is 19.5. The summed E-state index contributed by atoms with van der Waals surface area (Å²) in [5.74, 6) is -3.75. The van der Waals surface area contributed by atoms with Crippen molar-refractivity contribution in [3.63, 3.8) is 0 Å². The highest BCUT2D eigenvalue weighted by Crippen LogP contribution is 2.50. The predicted molar refractivity (Wildman–Crippen MR) is 108 cm³/mol. The smallest absolute Gasteiger partial charge is 0.325 e. The molecule has 9 nitrogen and oxygen atoms in total. The first-order chi connectivity index (χ1) is 14.1. The van der Waals surface area contributed by atoms with Gasteiger partial charge in [-0.2, -0.15) is 0 Å². The van der Waals surface area contributed by atoms with Gasteiger partial charge in [-0.3, -0.25) is 4.79 Å². The minimum Gasteiger partial charge on any atom is -0.465 e. The molecule has 0 aliphatic carbocycles. The van der Waals surface area contributed by atoms with Gasteiger partial charge in [0, 0.05) is 0 Å². The third-order valence-electron chi connectivity index (χ3n) is 5.09. The van der Waals surface area contributed by atoms with Crippen LogP contribution in [0.15, 0.2) is 12.2 Å². The van der Waals surface area contributed by atoms with Crippen LogP contribution in [-0.2, 0) is 38.0 Å². The van der Waals surface area contributed by atoms with Crippen molar-refractivity contribution in [2.24, 2.45) is 0 Å². The van der Waals surface area contributed by atoms with Crippen LogP contribution in [0.2, 0.25) is 0 Å². The Morgan fingerprint density at radius 1 is 1.13 bits per heavy atom. The highest BCUT2D eigenvalue weighted by atomic mass is 79.9. The van der Waals surface area contributed by atoms with Crippen LogP contribution >= 0.6 is 15.9 Å². The molecule has 10 heteroatoms. The van der Waals surface area contributed by atoms with E-state index in [1.165, 1.54) is 6.08 Å². The number of carbonyl (C=O) groups is 1. The summed E-state index contributed by atoms with van der Waals surface area (Å²) in [6.45, 7) is 9.42. The quantitative estimate of drug-likeness (QED) is 0.306. The van der Waals surface area contributed by atoms with Crippen LogP contribution in [0.3, 0.4) is 0 Å². The molecule has 3 fully saturated rings. The number of fused-ring (bicyclic) bond motifs is 1. The van der Waals surface area contributed by atoms with E-state index in [0.717, 1.165) is 0 Å². The van der Waals surface area contributed by atoms with E-state index in [-0.39, 0.29) is 19.8 Å².